The number of rotatable bonds is 2. The summed E-state index contributed by atoms with van der Waals surface area (Å²) in [6.07, 6.45) is 0.434. The molecule has 2 rings (SSSR count). The molecule has 2 nitrogen and oxygen atoms in total. The summed E-state index contributed by atoms with van der Waals surface area (Å²) in [7, 11) is 0. The molecule has 0 atom stereocenters. The maximum atomic E-state index is 12.5. The lowest BCUT2D eigenvalue weighted by Crippen LogP contribution is -2.36. The quantitative estimate of drug-likeness (QED) is 0.817. The molecule has 17 heavy (non-hydrogen) atoms. The Labute approximate surface area is 112 Å². The van der Waals surface area contributed by atoms with Gasteiger partial charge in [-0.2, -0.15) is 0 Å². The second-order valence-electron chi connectivity index (χ2n) is 4.12. The fourth-order valence-corrected chi connectivity index (χ4v) is 2.75. The summed E-state index contributed by atoms with van der Waals surface area (Å²) in [6, 6.07) is 1.77. The van der Waals surface area contributed by atoms with Gasteiger partial charge in [0.2, 0.25) is 6.43 Å². The van der Waals surface area contributed by atoms with Gasteiger partial charge in [0.25, 0.3) is 0 Å². The van der Waals surface area contributed by atoms with Crippen molar-refractivity contribution in [2.45, 2.75) is 19.3 Å². The number of hydrogen-bond acceptors (Lipinski definition) is 2. The summed E-state index contributed by atoms with van der Waals surface area (Å²) >= 11 is 9.36. The summed E-state index contributed by atoms with van der Waals surface area (Å²) in [5.74, 6) is 0.197. The monoisotopic (exact) mass is 324 g/mol. The molecule has 1 aliphatic rings. The van der Waals surface area contributed by atoms with Crippen LogP contribution in [0.15, 0.2) is 16.7 Å². The molecule has 0 unspecified atom stereocenters. The highest BCUT2D eigenvalue weighted by Crippen LogP contribution is 2.31. The summed E-state index contributed by atoms with van der Waals surface area (Å²) in [4.78, 5) is 6.20. The Morgan fingerprint density at radius 1 is 1.41 bits per heavy atom. The molecule has 0 N–H and O–H groups in total. The van der Waals surface area contributed by atoms with E-state index in [1.165, 1.54) is 0 Å². The van der Waals surface area contributed by atoms with Crippen molar-refractivity contribution in [3.63, 3.8) is 0 Å². The van der Waals surface area contributed by atoms with E-state index in [-0.39, 0.29) is 0 Å². The molecule has 0 radical (unpaired) electrons. The van der Waals surface area contributed by atoms with E-state index < -0.39 is 12.3 Å². The first kappa shape index (κ1) is 13.0. The minimum absolute atomic E-state index is 0.486. The first-order valence-corrected chi connectivity index (χ1v) is 6.59. The zero-order chi connectivity index (χ0) is 12.4. The van der Waals surface area contributed by atoms with Gasteiger partial charge in [-0.25, -0.2) is 13.8 Å². The fraction of sp³-hybridized carbons (Fsp3) is 0.545. The molecule has 0 amide bonds. The normalized spacial score (nSPS) is 17.8. The van der Waals surface area contributed by atoms with E-state index in [1.807, 2.05) is 4.90 Å². The molecule has 0 aliphatic carbocycles. The predicted molar refractivity (Wildman–Crippen MR) is 67.9 cm³/mol. The molecule has 0 spiro atoms. The number of halogens is 4. The van der Waals surface area contributed by atoms with Gasteiger partial charge >= 0.3 is 0 Å². The van der Waals surface area contributed by atoms with Crippen molar-refractivity contribution in [3.05, 3.63) is 21.8 Å². The van der Waals surface area contributed by atoms with E-state index in [9.17, 15) is 8.78 Å². The topological polar surface area (TPSA) is 16.1 Å². The van der Waals surface area contributed by atoms with Gasteiger partial charge in [0, 0.05) is 29.7 Å². The molecule has 6 heteroatoms. The van der Waals surface area contributed by atoms with Gasteiger partial charge in [0.05, 0.1) is 5.02 Å². The molecule has 1 saturated heterocycles. The van der Waals surface area contributed by atoms with Crippen molar-refractivity contribution in [3.8, 4) is 0 Å². The van der Waals surface area contributed by atoms with E-state index in [1.54, 1.807) is 12.3 Å². The number of anilines is 1. The lowest BCUT2D eigenvalue weighted by atomic mass is 9.97. The zero-order valence-electron chi connectivity index (χ0n) is 9.04. The summed E-state index contributed by atoms with van der Waals surface area (Å²) in [6.45, 7) is 1.17. The van der Waals surface area contributed by atoms with Gasteiger partial charge in [0.15, 0.2) is 0 Å². The SMILES string of the molecule is FC(F)C1CCN(c2ncc(Br)cc2Cl)CC1. The highest BCUT2D eigenvalue weighted by Gasteiger charge is 2.27. The van der Waals surface area contributed by atoms with Crippen LogP contribution in [0.25, 0.3) is 0 Å². The van der Waals surface area contributed by atoms with E-state index in [0.29, 0.717) is 36.8 Å². The van der Waals surface area contributed by atoms with Crippen LogP contribution in [0.5, 0.6) is 0 Å². The third-order valence-electron chi connectivity index (χ3n) is 2.98. The predicted octanol–water partition coefficient (Wildman–Crippen LogP) is 3.98. The first-order chi connectivity index (χ1) is 8.08. The largest absolute Gasteiger partial charge is 0.355 e. The average Bonchev–Trinajstić information content (AvgIpc) is 2.29. The number of piperidine rings is 1. The minimum Gasteiger partial charge on any atom is -0.355 e. The van der Waals surface area contributed by atoms with Crippen molar-refractivity contribution < 1.29 is 8.78 Å². The molecular weight excluding hydrogens is 313 g/mol. The third kappa shape index (κ3) is 3.07. The van der Waals surface area contributed by atoms with Crippen LogP contribution in [0.3, 0.4) is 0 Å². The average molecular weight is 326 g/mol. The Bertz CT molecular complexity index is 395. The molecule has 1 aromatic heterocycles. The van der Waals surface area contributed by atoms with Crippen LogP contribution < -0.4 is 4.90 Å². The molecule has 94 valence electrons. The van der Waals surface area contributed by atoms with Crippen molar-refractivity contribution in [1.29, 1.82) is 0 Å². The van der Waals surface area contributed by atoms with Crippen LogP contribution in [0.4, 0.5) is 14.6 Å². The van der Waals surface area contributed by atoms with E-state index in [4.69, 9.17) is 11.6 Å². The highest BCUT2D eigenvalue weighted by atomic mass is 79.9. The van der Waals surface area contributed by atoms with Crippen molar-refractivity contribution in [1.82, 2.24) is 4.98 Å². The number of hydrogen-bond donors (Lipinski definition) is 0. The molecule has 1 aromatic rings. The second-order valence-corrected chi connectivity index (χ2v) is 5.44. The van der Waals surface area contributed by atoms with Gasteiger partial charge in [-0.15, -0.1) is 0 Å². The molecule has 1 fully saturated rings. The fourth-order valence-electron chi connectivity index (χ4n) is 2.00. The Balaban J connectivity index is 2.05. The lowest BCUT2D eigenvalue weighted by Gasteiger charge is -2.32. The smallest absolute Gasteiger partial charge is 0.241 e. The van der Waals surface area contributed by atoms with E-state index in [2.05, 4.69) is 20.9 Å². The summed E-state index contributed by atoms with van der Waals surface area (Å²) < 4.78 is 25.8. The van der Waals surface area contributed by atoms with Crippen molar-refractivity contribution in [2.24, 2.45) is 5.92 Å². The van der Waals surface area contributed by atoms with E-state index in [0.717, 1.165) is 4.47 Å². The van der Waals surface area contributed by atoms with E-state index >= 15 is 0 Å². The van der Waals surface area contributed by atoms with Gasteiger partial charge < -0.3 is 4.90 Å². The summed E-state index contributed by atoms with van der Waals surface area (Å²) in [5.41, 5.74) is 0. The third-order valence-corrected chi connectivity index (χ3v) is 3.70. The number of nitrogens with zero attached hydrogens (tertiary/aromatic N) is 2. The minimum atomic E-state index is -2.22. The number of aromatic nitrogens is 1. The molecular formula is C11H12BrClF2N2. The van der Waals surface area contributed by atoms with Crippen LogP contribution in [0.1, 0.15) is 12.8 Å². The Hall–Kier alpha value is -0.420. The number of pyridine rings is 1. The Morgan fingerprint density at radius 3 is 2.59 bits per heavy atom. The maximum Gasteiger partial charge on any atom is 0.241 e. The van der Waals surface area contributed by atoms with Gasteiger partial charge in [-0.3, -0.25) is 0 Å². The standard InChI is InChI=1S/C11H12BrClF2N2/c12-8-5-9(13)11(16-6-8)17-3-1-7(2-4-17)10(14)15/h5-7,10H,1-4H2. The van der Waals surface area contributed by atoms with Crippen LogP contribution in [0.2, 0.25) is 5.02 Å². The first-order valence-electron chi connectivity index (χ1n) is 5.42. The molecule has 0 saturated carbocycles. The van der Waals surface area contributed by atoms with Crippen LogP contribution >= 0.6 is 27.5 Å². The van der Waals surface area contributed by atoms with Crippen molar-refractivity contribution >= 4 is 33.3 Å². The van der Waals surface area contributed by atoms with Crippen LogP contribution in [0, 0.1) is 5.92 Å². The molecule has 0 bridgehead atoms. The van der Waals surface area contributed by atoms with Crippen LogP contribution in [-0.2, 0) is 0 Å². The Morgan fingerprint density at radius 2 is 2.06 bits per heavy atom. The van der Waals surface area contributed by atoms with Gasteiger partial charge in [0.1, 0.15) is 5.82 Å². The van der Waals surface area contributed by atoms with Gasteiger partial charge in [-0.1, -0.05) is 11.6 Å². The lowest BCUT2D eigenvalue weighted by molar-refractivity contribution is 0.0635. The number of alkyl halides is 2. The second kappa shape index (κ2) is 5.48. The molecule has 1 aliphatic heterocycles. The van der Waals surface area contributed by atoms with Gasteiger partial charge in [-0.05, 0) is 34.8 Å². The highest BCUT2D eigenvalue weighted by molar-refractivity contribution is 9.10. The Kier molecular flexibility index (Phi) is 4.20. The molecule has 2 heterocycles. The van der Waals surface area contributed by atoms with Crippen molar-refractivity contribution in [2.75, 3.05) is 18.0 Å². The zero-order valence-corrected chi connectivity index (χ0v) is 11.4. The maximum absolute atomic E-state index is 12.5. The molecule has 0 aromatic carbocycles. The van der Waals surface area contributed by atoms with Crippen LogP contribution in [-0.4, -0.2) is 24.5 Å². The summed E-state index contributed by atoms with van der Waals surface area (Å²) in [5, 5.41) is 0.551.